The number of hydrogen-bond acceptors (Lipinski definition) is 3. The molecule has 0 saturated heterocycles. The average Bonchev–Trinajstić information content (AvgIpc) is 2.06. The fourth-order valence-corrected chi connectivity index (χ4v) is 1.22. The van der Waals surface area contributed by atoms with Gasteiger partial charge in [-0.3, -0.25) is 5.21 Å². The van der Waals surface area contributed by atoms with Gasteiger partial charge in [0.2, 0.25) is 0 Å². The summed E-state index contributed by atoms with van der Waals surface area (Å²) in [4.78, 5) is 4.89. The monoisotopic (exact) mass is 151 g/mol. The predicted octanol–water partition coefficient (Wildman–Crippen LogP) is 1.37. The quantitative estimate of drug-likeness (QED) is 0.607. The fraction of sp³-hybridized carbons (Fsp3) is 0.250. The smallest absolute Gasteiger partial charge is 0.0977 e. The SMILES string of the molecule is ON1OCCc2ccccc21. The maximum atomic E-state index is 9.17. The molecule has 0 spiro atoms. The topological polar surface area (TPSA) is 32.7 Å². The maximum absolute atomic E-state index is 9.17. The van der Waals surface area contributed by atoms with Crippen molar-refractivity contribution in [2.75, 3.05) is 11.8 Å². The van der Waals surface area contributed by atoms with Crippen LogP contribution in [0.5, 0.6) is 0 Å². The lowest BCUT2D eigenvalue weighted by Gasteiger charge is -2.23. The van der Waals surface area contributed by atoms with Crippen LogP contribution in [0.25, 0.3) is 0 Å². The van der Waals surface area contributed by atoms with Crippen LogP contribution in [0.15, 0.2) is 24.3 Å². The standard InChI is InChI=1S/C8H9NO2/c10-9-8-4-2-1-3-7(8)5-6-11-9/h1-4,10H,5-6H2. The summed E-state index contributed by atoms with van der Waals surface area (Å²) in [6, 6.07) is 7.64. The molecule has 58 valence electrons. The van der Waals surface area contributed by atoms with Gasteiger partial charge in [0.05, 0.1) is 12.3 Å². The van der Waals surface area contributed by atoms with Crippen molar-refractivity contribution in [2.24, 2.45) is 0 Å². The number of para-hydroxylation sites is 1. The van der Waals surface area contributed by atoms with Gasteiger partial charge in [-0.2, -0.15) is 0 Å². The second kappa shape index (κ2) is 2.53. The summed E-state index contributed by atoms with van der Waals surface area (Å²) in [5, 5.41) is 10.0. The lowest BCUT2D eigenvalue weighted by molar-refractivity contribution is -0.0473. The minimum Gasteiger partial charge on any atom is -0.264 e. The van der Waals surface area contributed by atoms with Gasteiger partial charge < -0.3 is 0 Å². The van der Waals surface area contributed by atoms with E-state index in [1.807, 2.05) is 24.3 Å². The van der Waals surface area contributed by atoms with Gasteiger partial charge in [0.25, 0.3) is 0 Å². The molecule has 1 aliphatic rings. The van der Waals surface area contributed by atoms with Gasteiger partial charge in [0.15, 0.2) is 0 Å². The Bertz CT molecular complexity index is 262. The van der Waals surface area contributed by atoms with Crippen molar-refractivity contribution in [1.82, 2.24) is 0 Å². The van der Waals surface area contributed by atoms with E-state index >= 15 is 0 Å². The molecule has 0 fully saturated rings. The van der Waals surface area contributed by atoms with E-state index in [2.05, 4.69) is 0 Å². The molecule has 1 heterocycles. The van der Waals surface area contributed by atoms with Gasteiger partial charge >= 0.3 is 0 Å². The summed E-state index contributed by atoms with van der Waals surface area (Å²) in [6.45, 7) is 0.549. The van der Waals surface area contributed by atoms with E-state index in [-0.39, 0.29) is 0 Å². The Morgan fingerprint density at radius 1 is 1.36 bits per heavy atom. The van der Waals surface area contributed by atoms with Gasteiger partial charge in [-0.05, 0) is 11.6 Å². The zero-order valence-electron chi connectivity index (χ0n) is 6.03. The molecule has 1 aromatic carbocycles. The number of hydrogen-bond donors (Lipinski definition) is 1. The molecule has 0 atom stereocenters. The van der Waals surface area contributed by atoms with Crippen LogP contribution in [-0.4, -0.2) is 11.8 Å². The van der Waals surface area contributed by atoms with Gasteiger partial charge in [-0.15, -0.1) is 5.23 Å². The molecule has 2 rings (SSSR count). The van der Waals surface area contributed by atoms with Crippen molar-refractivity contribution in [2.45, 2.75) is 6.42 Å². The Labute approximate surface area is 64.7 Å². The molecule has 1 N–H and O–H groups in total. The average molecular weight is 151 g/mol. The molecule has 0 radical (unpaired) electrons. The third-order valence-electron chi connectivity index (χ3n) is 1.78. The second-order valence-electron chi connectivity index (χ2n) is 2.48. The van der Waals surface area contributed by atoms with Gasteiger partial charge in [0, 0.05) is 6.42 Å². The van der Waals surface area contributed by atoms with Gasteiger partial charge in [-0.25, -0.2) is 4.84 Å². The lowest BCUT2D eigenvalue weighted by atomic mass is 10.1. The third-order valence-corrected chi connectivity index (χ3v) is 1.78. The molecule has 1 aromatic rings. The molecular weight excluding hydrogens is 142 g/mol. The Kier molecular flexibility index (Phi) is 1.52. The van der Waals surface area contributed by atoms with Crippen LogP contribution < -0.4 is 5.23 Å². The first-order valence-corrected chi connectivity index (χ1v) is 3.58. The highest BCUT2D eigenvalue weighted by atomic mass is 16.9. The number of fused-ring (bicyclic) bond motifs is 1. The Hall–Kier alpha value is -1.06. The van der Waals surface area contributed by atoms with Crippen molar-refractivity contribution in [3.63, 3.8) is 0 Å². The molecule has 0 unspecified atom stereocenters. The summed E-state index contributed by atoms with van der Waals surface area (Å²) >= 11 is 0. The normalized spacial score (nSPS) is 16.3. The van der Waals surface area contributed by atoms with Crippen LogP contribution in [0.1, 0.15) is 5.56 Å². The zero-order valence-corrected chi connectivity index (χ0v) is 6.03. The van der Waals surface area contributed by atoms with Crippen molar-refractivity contribution < 1.29 is 10.0 Å². The fourth-order valence-electron chi connectivity index (χ4n) is 1.22. The Balaban J connectivity index is 2.44. The lowest BCUT2D eigenvalue weighted by Crippen LogP contribution is -2.25. The van der Waals surface area contributed by atoms with Crippen molar-refractivity contribution in [1.29, 1.82) is 0 Å². The van der Waals surface area contributed by atoms with Crippen LogP contribution in [-0.2, 0) is 11.3 Å². The largest absolute Gasteiger partial charge is 0.264 e. The summed E-state index contributed by atoms with van der Waals surface area (Å²) < 4.78 is 0. The van der Waals surface area contributed by atoms with Crippen molar-refractivity contribution in [3.05, 3.63) is 29.8 Å². The number of nitrogens with zero attached hydrogens (tertiary/aromatic N) is 1. The summed E-state index contributed by atoms with van der Waals surface area (Å²) in [5.74, 6) is 0. The molecular formula is C8H9NO2. The predicted molar refractivity (Wildman–Crippen MR) is 40.4 cm³/mol. The molecule has 3 heteroatoms. The van der Waals surface area contributed by atoms with E-state index in [1.54, 1.807) is 0 Å². The summed E-state index contributed by atoms with van der Waals surface area (Å²) in [5.41, 5.74) is 1.88. The first-order chi connectivity index (χ1) is 5.38. The summed E-state index contributed by atoms with van der Waals surface area (Å²) in [7, 11) is 0. The highest BCUT2D eigenvalue weighted by Crippen LogP contribution is 2.23. The number of benzene rings is 1. The molecule has 1 aliphatic heterocycles. The first kappa shape index (κ1) is 6.64. The van der Waals surface area contributed by atoms with E-state index in [0.717, 1.165) is 22.9 Å². The first-order valence-electron chi connectivity index (χ1n) is 3.58. The molecule has 0 amide bonds. The molecule has 11 heavy (non-hydrogen) atoms. The van der Waals surface area contributed by atoms with Crippen LogP contribution in [0.3, 0.4) is 0 Å². The molecule has 0 saturated carbocycles. The minimum atomic E-state index is 0.549. The van der Waals surface area contributed by atoms with E-state index in [1.165, 1.54) is 0 Å². The van der Waals surface area contributed by atoms with Crippen LogP contribution in [0.4, 0.5) is 5.69 Å². The van der Waals surface area contributed by atoms with Gasteiger partial charge in [0.1, 0.15) is 0 Å². The summed E-state index contributed by atoms with van der Waals surface area (Å²) in [6.07, 6.45) is 0.868. The number of rotatable bonds is 0. The third kappa shape index (κ3) is 1.08. The van der Waals surface area contributed by atoms with Crippen LogP contribution in [0.2, 0.25) is 0 Å². The van der Waals surface area contributed by atoms with Crippen LogP contribution in [0, 0.1) is 0 Å². The van der Waals surface area contributed by atoms with Crippen molar-refractivity contribution >= 4 is 5.69 Å². The zero-order chi connectivity index (χ0) is 7.68. The highest BCUT2D eigenvalue weighted by molar-refractivity contribution is 5.50. The Morgan fingerprint density at radius 3 is 3.00 bits per heavy atom. The molecule has 3 nitrogen and oxygen atoms in total. The minimum absolute atomic E-state index is 0.549. The van der Waals surface area contributed by atoms with Crippen molar-refractivity contribution in [3.8, 4) is 0 Å². The molecule has 0 aromatic heterocycles. The van der Waals surface area contributed by atoms with E-state index in [4.69, 9.17) is 4.84 Å². The van der Waals surface area contributed by atoms with Crippen LogP contribution >= 0.6 is 0 Å². The Morgan fingerprint density at radius 2 is 2.18 bits per heavy atom. The molecule has 0 aliphatic carbocycles. The van der Waals surface area contributed by atoms with Gasteiger partial charge in [-0.1, -0.05) is 18.2 Å². The highest BCUT2D eigenvalue weighted by Gasteiger charge is 2.14. The maximum Gasteiger partial charge on any atom is 0.0977 e. The second-order valence-corrected chi connectivity index (χ2v) is 2.48. The van der Waals surface area contributed by atoms with E-state index in [0.29, 0.717) is 6.61 Å². The van der Waals surface area contributed by atoms with E-state index in [9.17, 15) is 5.21 Å². The van der Waals surface area contributed by atoms with E-state index < -0.39 is 0 Å². The molecule has 0 bridgehead atoms. The number of anilines is 1.